The Kier molecular flexibility index (Phi) is 8.03. The second kappa shape index (κ2) is 11.4. The molecule has 5 rings (SSSR count). The van der Waals surface area contributed by atoms with Crippen molar-refractivity contribution in [1.29, 1.82) is 0 Å². The van der Waals surface area contributed by atoms with Gasteiger partial charge in [0.15, 0.2) is 22.0 Å². The molecule has 0 aliphatic carbocycles. The number of carbonyl (C=O) groups excluding carboxylic acids is 1. The second-order valence-electron chi connectivity index (χ2n) is 9.46. The lowest BCUT2D eigenvalue weighted by Crippen LogP contribution is -2.41. The van der Waals surface area contributed by atoms with Gasteiger partial charge in [0, 0.05) is 28.4 Å². The number of aromatic nitrogens is 1. The van der Waals surface area contributed by atoms with Crippen LogP contribution in [0.5, 0.6) is 5.75 Å². The van der Waals surface area contributed by atoms with Gasteiger partial charge in [0.2, 0.25) is 15.9 Å². The number of ether oxygens (including phenoxy) is 1. The zero-order chi connectivity index (χ0) is 29.3. The zero-order valence-electron chi connectivity index (χ0n) is 21.9. The summed E-state index contributed by atoms with van der Waals surface area (Å²) >= 11 is 1.21. The first kappa shape index (κ1) is 29.0. The molecule has 0 bridgehead atoms. The summed E-state index contributed by atoms with van der Waals surface area (Å²) in [7, 11) is -6.64. The predicted octanol–water partition coefficient (Wildman–Crippen LogP) is 3.68. The van der Waals surface area contributed by atoms with Crippen LogP contribution in [-0.4, -0.2) is 63.2 Å². The number of nitrogens with zero attached hydrogens (tertiary/aromatic N) is 2. The first-order chi connectivity index (χ1) is 19.6. The number of carbonyl (C=O) groups is 1. The molecular formula is C27H27N3O8S3. The van der Waals surface area contributed by atoms with Crippen molar-refractivity contribution >= 4 is 37.1 Å². The maximum Gasteiger partial charge on any atom is 0.245 e. The van der Waals surface area contributed by atoms with E-state index in [1.54, 1.807) is 23.8 Å². The van der Waals surface area contributed by atoms with E-state index >= 15 is 0 Å². The van der Waals surface area contributed by atoms with Crippen LogP contribution in [0.4, 0.5) is 0 Å². The zero-order valence-corrected chi connectivity index (χ0v) is 24.3. The summed E-state index contributed by atoms with van der Waals surface area (Å²) in [5, 5.41) is 9.31. The van der Waals surface area contributed by atoms with Gasteiger partial charge in [-0.3, -0.25) is 10.0 Å². The van der Waals surface area contributed by atoms with Crippen LogP contribution < -0.4 is 10.2 Å². The highest BCUT2D eigenvalue weighted by Crippen LogP contribution is 2.45. The van der Waals surface area contributed by atoms with Crippen LogP contribution in [0.25, 0.3) is 21.8 Å². The van der Waals surface area contributed by atoms with Gasteiger partial charge in [0.1, 0.15) is 10.5 Å². The lowest BCUT2D eigenvalue weighted by molar-refractivity contribution is -0.129. The Morgan fingerprint density at radius 2 is 1.80 bits per heavy atom. The number of methoxy groups -OCH3 is 1. The third kappa shape index (κ3) is 5.53. The summed E-state index contributed by atoms with van der Waals surface area (Å²) < 4.78 is 64.5. The average molecular weight is 618 g/mol. The van der Waals surface area contributed by atoms with E-state index in [9.17, 15) is 26.8 Å². The van der Waals surface area contributed by atoms with Crippen molar-refractivity contribution in [2.75, 3.05) is 26.0 Å². The fraction of sp³-hybridized carbons (Fsp3) is 0.259. The molecule has 0 spiro atoms. The minimum Gasteiger partial charge on any atom is -0.497 e. The Bertz CT molecular complexity index is 1730. The number of benzene rings is 2. The van der Waals surface area contributed by atoms with Crippen LogP contribution >= 0.6 is 11.3 Å². The van der Waals surface area contributed by atoms with Gasteiger partial charge >= 0.3 is 0 Å². The highest BCUT2D eigenvalue weighted by molar-refractivity contribution is 7.92. The number of oxazole rings is 1. The van der Waals surface area contributed by atoms with Crippen LogP contribution in [0.3, 0.4) is 0 Å². The molecule has 0 radical (unpaired) electrons. The number of hydrogen-bond acceptors (Lipinski definition) is 10. The van der Waals surface area contributed by atoms with Crippen LogP contribution in [0.1, 0.15) is 17.7 Å². The van der Waals surface area contributed by atoms with Gasteiger partial charge in [-0.15, -0.1) is 11.3 Å². The first-order valence-electron chi connectivity index (χ1n) is 12.5. The van der Waals surface area contributed by atoms with Crippen molar-refractivity contribution in [3.63, 3.8) is 0 Å². The third-order valence-corrected chi connectivity index (χ3v) is 13.0. The van der Waals surface area contributed by atoms with Gasteiger partial charge in [-0.25, -0.2) is 27.3 Å². The molecule has 1 unspecified atom stereocenters. The Morgan fingerprint density at radius 1 is 1.10 bits per heavy atom. The van der Waals surface area contributed by atoms with E-state index in [1.807, 2.05) is 24.3 Å². The number of amides is 1. The molecule has 2 aromatic heterocycles. The van der Waals surface area contributed by atoms with Gasteiger partial charge < -0.3 is 9.15 Å². The van der Waals surface area contributed by atoms with Crippen molar-refractivity contribution in [2.45, 2.75) is 22.5 Å². The molecule has 1 saturated heterocycles. The predicted molar refractivity (Wildman–Crippen MR) is 152 cm³/mol. The quantitative estimate of drug-likeness (QED) is 0.222. The molecule has 4 aromatic rings. The average Bonchev–Trinajstić information content (AvgIpc) is 3.67. The van der Waals surface area contributed by atoms with E-state index in [1.165, 1.54) is 49.1 Å². The molecule has 0 saturated carbocycles. The second-order valence-corrected chi connectivity index (χ2v) is 14.9. The van der Waals surface area contributed by atoms with Crippen LogP contribution in [-0.2, 0) is 29.4 Å². The Balaban J connectivity index is 1.49. The van der Waals surface area contributed by atoms with Crippen LogP contribution in [0.15, 0.2) is 82.6 Å². The largest absolute Gasteiger partial charge is 0.497 e. The molecule has 2 aromatic carbocycles. The minimum absolute atomic E-state index is 0.00323. The number of nitrogens with one attached hydrogen (secondary N) is 1. The van der Waals surface area contributed by atoms with Crippen molar-refractivity contribution < 1.29 is 36.0 Å². The molecule has 2 N–H and O–H groups in total. The number of sulfonamides is 1. The molecule has 1 aliphatic heterocycles. The van der Waals surface area contributed by atoms with E-state index in [0.717, 1.165) is 20.3 Å². The van der Waals surface area contributed by atoms with E-state index < -0.39 is 42.7 Å². The van der Waals surface area contributed by atoms with Crippen molar-refractivity contribution in [3.8, 4) is 27.5 Å². The first-order valence-corrected chi connectivity index (χ1v) is 16.4. The molecule has 1 aliphatic rings. The number of thiophene rings is 1. The highest BCUT2D eigenvalue weighted by Gasteiger charge is 2.50. The van der Waals surface area contributed by atoms with Crippen LogP contribution in [0.2, 0.25) is 0 Å². The molecule has 11 nitrogen and oxygen atoms in total. The summed E-state index contributed by atoms with van der Waals surface area (Å²) in [6.07, 6.45) is 2.20. The fourth-order valence-electron chi connectivity index (χ4n) is 4.88. The smallest absolute Gasteiger partial charge is 0.245 e. The number of hydroxylamine groups is 1. The van der Waals surface area contributed by atoms with Gasteiger partial charge in [-0.2, -0.15) is 4.31 Å². The summed E-state index contributed by atoms with van der Waals surface area (Å²) in [6, 6.07) is 16.7. The summed E-state index contributed by atoms with van der Waals surface area (Å²) in [5.41, 5.74) is 3.19. The Labute approximate surface area is 241 Å². The summed E-state index contributed by atoms with van der Waals surface area (Å²) in [4.78, 5) is 17.5. The number of sulfone groups is 1. The highest BCUT2D eigenvalue weighted by atomic mass is 32.2. The topological polar surface area (TPSA) is 156 Å². The van der Waals surface area contributed by atoms with Gasteiger partial charge in [-0.1, -0.05) is 24.3 Å². The lowest BCUT2D eigenvalue weighted by atomic mass is 9.97. The maximum atomic E-state index is 13.9. The van der Waals surface area contributed by atoms with Crippen molar-refractivity contribution in [1.82, 2.24) is 14.8 Å². The third-order valence-electron chi connectivity index (χ3n) is 7.18. The Morgan fingerprint density at radius 3 is 2.44 bits per heavy atom. The fourth-order valence-corrected chi connectivity index (χ4v) is 10.0. The molecule has 3 heterocycles. The summed E-state index contributed by atoms with van der Waals surface area (Å²) in [5.74, 6) is -0.291. The van der Waals surface area contributed by atoms with Crippen molar-refractivity contribution in [2.24, 2.45) is 0 Å². The van der Waals surface area contributed by atoms with Crippen LogP contribution in [0, 0.1) is 0 Å². The molecule has 216 valence electrons. The number of rotatable bonds is 8. The van der Waals surface area contributed by atoms with E-state index in [0.29, 0.717) is 16.4 Å². The minimum atomic E-state index is -4.08. The normalized spacial score (nSPS) is 19.4. The van der Waals surface area contributed by atoms with Crippen molar-refractivity contribution in [3.05, 3.63) is 78.1 Å². The standard InChI is InChI=1S/C27H27N3O8S3/c1-37-21-6-8-22(9-7-21)41(35,36)30-13-12-27(16-26(31)29-32,40(33,34)15-14-30)25-11-10-24(39-25)20-4-2-19(3-5-20)23-17-28-18-38-23/h2-11,17-18,32H,12-16H2,1H3,(H,29,31). The van der Waals surface area contributed by atoms with Gasteiger partial charge in [-0.05, 0) is 48.4 Å². The number of hydrogen-bond donors (Lipinski definition) is 2. The molecule has 1 fully saturated rings. The van der Waals surface area contributed by atoms with Gasteiger partial charge in [0.25, 0.3) is 0 Å². The monoisotopic (exact) mass is 617 g/mol. The van der Waals surface area contributed by atoms with E-state index in [-0.39, 0.29) is 24.4 Å². The molecule has 1 atom stereocenters. The molecule has 41 heavy (non-hydrogen) atoms. The SMILES string of the molecule is COc1ccc(S(=O)(=O)N2CCC(CC(=O)NO)(c3ccc(-c4ccc(-c5cnco5)cc4)s3)S(=O)(=O)CC2)cc1. The Hall–Kier alpha value is -3.56. The molecular weight excluding hydrogens is 591 g/mol. The summed E-state index contributed by atoms with van der Waals surface area (Å²) in [6.45, 7) is -0.425. The lowest BCUT2D eigenvalue weighted by Gasteiger charge is -2.30. The molecule has 14 heteroatoms. The van der Waals surface area contributed by atoms with Gasteiger partial charge in [0.05, 0.1) is 30.4 Å². The van der Waals surface area contributed by atoms with E-state index in [2.05, 4.69) is 4.98 Å². The van der Waals surface area contributed by atoms with E-state index in [4.69, 9.17) is 9.15 Å². The molecule has 1 amide bonds. The maximum absolute atomic E-state index is 13.9.